The molecule has 0 atom stereocenters. The van der Waals surface area contributed by atoms with Crippen LogP contribution >= 0.6 is 15.9 Å². The monoisotopic (exact) mass is 393 g/mol. The summed E-state index contributed by atoms with van der Waals surface area (Å²) in [4.78, 5) is 29.8. The SMILES string of the molecule is CCN1CCN(C(=O)C2(C(=O)Nc3ccc(Br)cc3C)CC2)CC1. The number of hydrogen-bond acceptors (Lipinski definition) is 3. The number of hydrogen-bond donors (Lipinski definition) is 1. The quantitative estimate of drug-likeness (QED) is 0.799. The molecule has 2 aliphatic rings. The van der Waals surface area contributed by atoms with Gasteiger partial charge in [0.25, 0.3) is 0 Å². The van der Waals surface area contributed by atoms with Crippen LogP contribution in [-0.2, 0) is 9.59 Å². The molecule has 1 aromatic carbocycles. The van der Waals surface area contributed by atoms with E-state index in [0.717, 1.165) is 48.4 Å². The van der Waals surface area contributed by atoms with Crippen LogP contribution in [0.5, 0.6) is 0 Å². The molecule has 0 radical (unpaired) electrons. The van der Waals surface area contributed by atoms with E-state index < -0.39 is 5.41 Å². The Kier molecular flexibility index (Phi) is 4.97. The first kappa shape index (κ1) is 17.4. The average Bonchev–Trinajstić information content (AvgIpc) is 3.38. The van der Waals surface area contributed by atoms with Gasteiger partial charge in [0.2, 0.25) is 11.8 Å². The summed E-state index contributed by atoms with van der Waals surface area (Å²) in [7, 11) is 0. The predicted molar refractivity (Wildman–Crippen MR) is 97.9 cm³/mol. The lowest BCUT2D eigenvalue weighted by atomic mass is 10.0. The van der Waals surface area contributed by atoms with Crippen LogP contribution in [0.2, 0.25) is 0 Å². The first-order valence-electron chi connectivity index (χ1n) is 8.55. The van der Waals surface area contributed by atoms with Gasteiger partial charge in [-0.25, -0.2) is 0 Å². The molecule has 24 heavy (non-hydrogen) atoms. The Labute approximate surface area is 151 Å². The van der Waals surface area contributed by atoms with Crippen LogP contribution in [0.25, 0.3) is 0 Å². The van der Waals surface area contributed by atoms with E-state index in [1.54, 1.807) is 0 Å². The highest BCUT2D eigenvalue weighted by Gasteiger charge is 2.58. The molecule has 1 aliphatic heterocycles. The van der Waals surface area contributed by atoms with Gasteiger partial charge in [-0.15, -0.1) is 0 Å². The minimum atomic E-state index is -0.839. The van der Waals surface area contributed by atoms with E-state index in [2.05, 4.69) is 33.1 Å². The molecule has 0 bridgehead atoms. The second kappa shape index (κ2) is 6.84. The lowest BCUT2D eigenvalue weighted by Crippen LogP contribution is -2.52. The number of carbonyl (C=O) groups excluding carboxylic acids is 2. The normalized spacial score (nSPS) is 19.9. The van der Waals surface area contributed by atoms with Crippen molar-refractivity contribution in [1.29, 1.82) is 0 Å². The molecular weight excluding hydrogens is 370 g/mol. The molecule has 1 heterocycles. The second-order valence-corrected chi connectivity index (χ2v) is 7.64. The van der Waals surface area contributed by atoms with Gasteiger partial charge in [0.05, 0.1) is 0 Å². The molecule has 2 fully saturated rings. The number of rotatable bonds is 4. The lowest BCUT2D eigenvalue weighted by Gasteiger charge is -2.35. The zero-order chi connectivity index (χ0) is 17.3. The maximum Gasteiger partial charge on any atom is 0.240 e. The lowest BCUT2D eigenvalue weighted by molar-refractivity contribution is -0.143. The average molecular weight is 394 g/mol. The summed E-state index contributed by atoms with van der Waals surface area (Å²) in [6.45, 7) is 8.33. The maximum absolute atomic E-state index is 12.9. The Hall–Kier alpha value is -1.40. The standard InChI is InChI=1S/C18H24BrN3O2/c1-3-21-8-10-22(11-9-21)17(24)18(6-7-18)16(23)20-15-5-4-14(19)12-13(15)2/h4-5,12H,3,6-11H2,1-2H3,(H,20,23). The molecule has 5 nitrogen and oxygen atoms in total. The Morgan fingerprint density at radius 3 is 2.42 bits per heavy atom. The summed E-state index contributed by atoms with van der Waals surface area (Å²) in [6, 6.07) is 5.73. The first-order chi connectivity index (χ1) is 11.5. The summed E-state index contributed by atoms with van der Waals surface area (Å²) in [5.41, 5.74) is 0.920. The Morgan fingerprint density at radius 2 is 1.88 bits per heavy atom. The van der Waals surface area contributed by atoms with E-state index in [4.69, 9.17) is 0 Å². The van der Waals surface area contributed by atoms with Gasteiger partial charge in [-0.05, 0) is 50.1 Å². The third-order valence-electron chi connectivity index (χ3n) is 5.14. The van der Waals surface area contributed by atoms with Gasteiger partial charge in [0.15, 0.2) is 0 Å². The van der Waals surface area contributed by atoms with Crippen LogP contribution in [-0.4, -0.2) is 54.3 Å². The van der Waals surface area contributed by atoms with Crippen LogP contribution in [0.1, 0.15) is 25.3 Å². The minimum Gasteiger partial charge on any atom is -0.339 e. The molecule has 1 saturated carbocycles. The Morgan fingerprint density at radius 1 is 1.21 bits per heavy atom. The molecule has 0 unspecified atom stereocenters. The fourth-order valence-corrected chi connectivity index (χ4v) is 3.72. The zero-order valence-corrected chi connectivity index (χ0v) is 15.9. The highest BCUT2D eigenvalue weighted by atomic mass is 79.9. The van der Waals surface area contributed by atoms with Crippen LogP contribution in [0.15, 0.2) is 22.7 Å². The molecule has 1 saturated heterocycles. The van der Waals surface area contributed by atoms with Gasteiger partial charge in [0.1, 0.15) is 5.41 Å². The molecule has 0 spiro atoms. The van der Waals surface area contributed by atoms with Gasteiger partial charge in [-0.1, -0.05) is 22.9 Å². The van der Waals surface area contributed by atoms with Crippen molar-refractivity contribution in [2.75, 3.05) is 38.0 Å². The van der Waals surface area contributed by atoms with Crippen LogP contribution in [0.4, 0.5) is 5.69 Å². The van der Waals surface area contributed by atoms with Gasteiger partial charge in [-0.2, -0.15) is 0 Å². The molecular formula is C18H24BrN3O2. The summed E-state index contributed by atoms with van der Waals surface area (Å²) in [5, 5.41) is 2.96. The fraction of sp³-hybridized carbons (Fsp3) is 0.556. The number of anilines is 1. The van der Waals surface area contributed by atoms with Gasteiger partial charge < -0.3 is 15.1 Å². The van der Waals surface area contributed by atoms with E-state index in [1.807, 2.05) is 30.0 Å². The summed E-state index contributed by atoms with van der Waals surface area (Å²) >= 11 is 3.42. The number of amides is 2. The molecule has 3 rings (SSSR count). The third-order valence-corrected chi connectivity index (χ3v) is 5.63. The van der Waals surface area contributed by atoms with Gasteiger partial charge in [-0.3, -0.25) is 9.59 Å². The highest BCUT2D eigenvalue weighted by Crippen LogP contribution is 2.48. The number of aryl methyl sites for hydroxylation is 1. The van der Waals surface area contributed by atoms with Crippen molar-refractivity contribution in [2.24, 2.45) is 5.41 Å². The Bertz CT molecular complexity index is 650. The Balaban J connectivity index is 1.67. The van der Waals surface area contributed by atoms with Gasteiger partial charge >= 0.3 is 0 Å². The number of nitrogens with zero attached hydrogens (tertiary/aromatic N) is 2. The van der Waals surface area contributed by atoms with E-state index in [9.17, 15) is 9.59 Å². The van der Waals surface area contributed by atoms with Crippen molar-refractivity contribution >= 4 is 33.4 Å². The number of piperazine rings is 1. The molecule has 2 amide bonds. The summed E-state index contributed by atoms with van der Waals surface area (Å²) in [6.07, 6.45) is 1.31. The number of halogens is 1. The van der Waals surface area contributed by atoms with Crippen LogP contribution in [0, 0.1) is 12.3 Å². The van der Waals surface area contributed by atoms with E-state index in [1.165, 1.54) is 0 Å². The topological polar surface area (TPSA) is 52.7 Å². The number of benzene rings is 1. The summed E-state index contributed by atoms with van der Waals surface area (Å²) in [5.74, 6) is -0.152. The third kappa shape index (κ3) is 3.35. The largest absolute Gasteiger partial charge is 0.339 e. The predicted octanol–water partition coefficient (Wildman–Crippen LogP) is 2.64. The zero-order valence-electron chi connectivity index (χ0n) is 14.3. The van der Waals surface area contributed by atoms with E-state index in [-0.39, 0.29) is 11.8 Å². The first-order valence-corrected chi connectivity index (χ1v) is 9.35. The van der Waals surface area contributed by atoms with Crippen molar-refractivity contribution < 1.29 is 9.59 Å². The second-order valence-electron chi connectivity index (χ2n) is 6.72. The van der Waals surface area contributed by atoms with Crippen LogP contribution < -0.4 is 5.32 Å². The van der Waals surface area contributed by atoms with Crippen LogP contribution in [0.3, 0.4) is 0 Å². The van der Waals surface area contributed by atoms with Crippen molar-refractivity contribution in [1.82, 2.24) is 9.80 Å². The minimum absolute atomic E-state index is 0.00511. The molecule has 1 aliphatic carbocycles. The summed E-state index contributed by atoms with van der Waals surface area (Å²) < 4.78 is 0.976. The number of carbonyl (C=O) groups is 2. The van der Waals surface area contributed by atoms with Crippen molar-refractivity contribution in [2.45, 2.75) is 26.7 Å². The molecule has 1 aromatic rings. The smallest absolute Gasteiger partial charge is 0.240 e. The maximum atomic E-state index is 12.9. The molecule has 1 N–H and O–H groups in total. The van der Waals surface area contributed by atoms with E-state index >= 15 is 0 Å². The molecule has 0 aromatic heterocycles. The number of nitrogens with one attached hydrogen (secondary N) is 1. The van der Waals surface area contributed by atoms with Gasteiger partial charge in [0, 0.05) is 36.3 Å². The van der Waals surface area contributed by atoms with Crippen molar-refractivity contribution in [3.05, 3.63) is 28.2 Å². The number of likely N-dealkylation sites (N-methyl/N-ethyl adjacent to an activating group) is 1. The van der Waals surface area contributed by atoms with E-state index in [0.29, 0.717) is 12.8 Å². The fourth-order valence-electron chi connectivity index (χ4n) is 3.24. The molecule has 130 valence electrons. The van der Waals surface area contributed by atoms with Crippen molar-refractivity contribution in [3.8, 4) is 0 Å². The highest BCUT2D eigenvalue weighted by molar-refractivity contribution is 9.10. The van der Waals surface area contributed by atoms with Crippen molar-refractivity contribution in [3.63, 3.8) is 0 Å². The molecule has 6 heteroatoms.